The number of nitrogens with two attached hydrogens (primary N) is 1. The Bertz CT molecular complexity index is 211. The van der Waals surface area contributed by atoms with Crippen LogP contribution < -0.4 is 5.73 Å². The minimum atomic E-state index is -0.344. The van der Waals surface area contributed by atoms with E-state index in [0.29, 0.717) is 5.92 Å². The number of rotatable bonds is 2. The highest BCUT2D eigenvalue weighted by Gasteiger charge is 2.27. The molecule has 0 amide bonds. The molecule has 0 aliphatic carbocycles. The van der Waals surface area contributed by atoms with Crippen molar-refractivity contribution in [2.45, 2.75) is 26.3 Å². The zero-order valence-electron chi connectivity index (χ0n) is 7.29. The Labute approximate surface area is 67.4 Å². The third-order valence-corrected chi connectivity index (χ3v) is 2.25. The molecule has 1 aromatic rings. The molecule has 0 aliphatic rings. The molecule has 62 valence electrons. The summed E-state index contributed by atoms with van der Waals surface area (Å²) in [5, 5.41) is 0. The standard InChI is InChI=1S/C9H15NO/c1-7(2)9(3,10)8-5-4-6-11-8/h4-7H,10H2,1-3H3. The summed E-state index contributed by atoms with van der Waals surface area (Å²) in [6, 6.07) is 3.78. The summed E-state index contributed by atoms with van der Waals surface area (Å²) in [6.07, 6.45) is 1.66. The van der Waals surface area contributed by atoms with E-state index in [2.05, 4.69) is 13.8 Å². The second-order valence-electron chi connectivity index (χ2n) is 3.41. The maximum atomic E-state index is 6.03. The summed E-state index contributed by atoms with van der Waals surface area (Å²) in [7, 11) is 0. The van der Waals surface area contributed by atoms with Crippen molar-refractivity contribution in [2.75, 3.05) is 0 Å². The first-order valence-corrected chi connectivity index (χ1v) is 3.88. The van der Waals surface area contributed by atoms with Crippen molar-refractivity contribution in [2.24, 2.45) is 11.7 Å². The van der Waals surface area contributed by atoms with Crippen LogP contribution in [0.4, 0.5) is 0 Å². The molecule has 0 bridgehead atoms. The highest BCUT2D eigenvalue weighted by Crippen LogP contribution is 2.25. The molecule has 1 unspecified atom stereocenters. The molecule has 2 nitrogen and oxygen atoms in total. The molecule has 0 saturated heterocycles. The van der Waals surface area contributed by atoms with Crippen molar-refractivity contribution < 1.29 is 4.42 Å². The lowest BCUT2D eigenvalue weighted by atomic mass is 9.87. The van der Waals surface area contributed by atoms with Gasteiger partial charge in [0.1, 0.15) is 5.76 Å². The average Bonchev–Trinajstić information content (AvgIpc) is 2.37. The van der Waals surface area contributed by atoms with Crippen LogP contribution in [0.2, 0.25) is 0 Å². The molecule has 0 aromatic carbocycles. The van der Waals surface area contributed by atoms with E-state index >= 15 is 0 Å². The fourth-order valence-electron chi connectivity index (χ4n) is 0.870. The van der Waals surface area contributed by atoms with Crippen LogP contribution >= 0.6 is 0 Å². The van der Waals surface area contributed by atoms with Gasteiger partial charge in [0.15, 0.2) is 0 Å². The van der Waals surface area contributed by atoms with Crippen LogP contribution in [0.5, 0.6) is 0 Å². The van der Waals surface area contributed by atoms with Gasteiger partial charge in [0.05, 0.1) is 11.8 Å². The molecule has 11 heavy (non-hydrogen) atoms. The van der Waals surface area contributed by atoms with E-state index in [4.69, 9.17) is 10.2 Å². The number of furan rings is 1. The van der Waals surface area contributed by atoms with Crippen LogP contribution in [0.3, 0.4) is 0 Å². The van der Waals surface area contributed by atoms with Crippen LogP contribution in [0, 0.1) is 5.92 Å². The van der Waals surface area contributed by atoms with Crippen LogP contribution in [0.1, 0.15) is 26.5 Å². The maximum absolute atomic E-state index is 6.03. The quantitative estimate of drug-likeness (QED) is 0.706. The van der Waals surface area contributed by atoms with Crippen molar-refractivity contribution in [1.82, 2.24) is 0 Å². The largest absolute Gasteiger partial charge is 0.467 e. The Morgan fingerprint density at radius 3 is 2.55 bits per heavy atom. The van der Waals surface area contributed by atoms with Gasteiger partial charge in [0, 0.05) is 0 Å². The van der Waals surface area contributed by atoms with Gasteiger partial charge in [-0.2, -0.15) is 0 Å². The molecular weight excluding hydrogens is 138 g/mol. The zero-order valence-corrected chi connectivity index (χ0v) is 7.29. The lowest BCUT2D eigenvalue weighted by molar-refractivity contribution is 0.283. The Kier molecular flexibility index (Phi) is 2.05. The lowest BCUT2D eigenvalue weighted by Crippen LogP contribution is -2.38. The molecule has 1 rings (SSSR count). The van der Waals surface area contributed by atoms with E-state index < -0.39 is 0 Å². The third kappa shape index (κ3) is 1.46. The van der Waals surface area contributed by atoms with E-state index in [9.17, 15) is 0 Å². The van der Waals surface area contributed by atoms with Gasteiger partial charge in [0.2, 0.25) is 0 Å². The lowest BCUT2D eigenvalue weighted by Gasteiger charge is -2.26. The third-order valence-electron chi connectivity index (χ3n) is 2.25. The van der Waals surface area contributed by atoms with Crippen LogP contribution in [-0.2, 0) is 5.54 Å². The van der Waals surface area contributed by atoms with Gasteiger partial charge in [-0.25, -0.2) is 0 Å². The minimum Gasteiger partial charge on any atom is -0.467 e. The zero-order chi connectivity index (χ0) is 8.48. The minimum absolute atomic E-state index is 0.344. The molecule has 1 aromatic heterocycles. The van der Waals surface area contributed by atoms with Gasteiger partial charge in [-0.05, 0) is 25.0 Å². The highest BCUT2D eigenvalue weighted by atomic mass is 16.3. The maximum Gasteiger partial charge on any atom is 0.123 e. The van der Waals surface area contributed by atoms with Crippen molar-refractivity contribution in [3.05, 3.63) is 24.2 Å². The smallest absolute Gasteiger partial charge is 0.123 e. The van der Waals surface area contributed by atoms with Crippen LogP contribution in [0.25, 0.3) is 0 Å². The molecule has 0 aliphatic heterocycles. The number of hydrogen-bond donors (Lipinski definition) is 1. The van der Waals surface area contributed by atoms with E-state index in [1.165, 1.54) is 0 Å². The van der Waals surface area contributed by atoms with Gasteiger partial charge in [-0.15, -0.1) is 0 Å². The van der Waals surface area contributed by atoms with E-state index in [1.54, 1.807) is 6.26 Å². The predicted molar refractivity (Wildman–Crippen MR) is 45.1 cm³/mol. The molecule has 2 heteroatoms. The molecule has 1 heterocycles. The Balaban J connectivity index is 2.90. The van der Waals surface area contributed by atoms with Crippen LogP contribution in [-0.4, -0.2) is 0 Å². The van der Waals surface area contributed by atoms with Crippen molar-refractivity contribution >= 4 is 0 Å². The van der Waals surface area contributed by atoms with E-state index in [0.717, 1.165) is 5.76 Å². The first-order chi connectivity index (χ1) is 5.05. The Morgan fingerprint density at radius 1 is 1.55 bits per heavy atom. The summed E-state index contributed by atoms with van der Waals surface area (Å²) in [6.45, 7) is 6.15. The van der Waals surface area contributed by atoms with Gasteiger partial charge in [0.25, 0.3) is 0 Å². The molecular formula is C9H15NO. The van der Waals surface area contributed by atoms with Gasteiger partial charge in [-0.3, -0.25) is 0 Å². The summed E-state index contributed by atoms with van der Waals surface area (Å²) < 4.78 is 5.23. The fourth-order valence-corrected chi connectivity index (χ4v) is 0.870. The SMILES string of the molecule is CC(C)C(C)(N)c1ccco1. The van der Waals surface area contributed by atoms with Crippen molar-refractivity contribution in [3.63, 3.8) is 0 Å². The summed E-state index contributed by atoms with van der Waals surface area (Å²) in [5.41, 5.74) is 5.69. The van der Waals surface area contributed by atoms with E-state index in [-0.39, 0.29) is 5.54 Å². The second-order valence-corrected chi connectivity index (χ2v) is 3.41. The van der Waals surface area contributed by atoms with Crippen molar-refractivity contribution in [3.8, 4) is 0 Å². The Morgan fingerprint density at radius 2 is 2.18 bits per heavy atom. The summed E-state index contributed by atoms with van der Waals surface area (Å²) in [4.78, 5) is 0. The van der Waals surface area contributed by atoms with Gasteiger partial charge in [-0.1, -0.05) is 13.8 Å². The van der Waals surface area contributed by atoms with Gasteiger partial charge < -0.3 is 10.2 Å². The molecule has 0 fully saturated rings. The summed E-state index contributed by atoms with van der Waals surface area (Å²) in [5.74, 6) is 1.24. The average molecular weight is 153 g/mol. The monoisotopic (exact) mass is 153 g/mol. The second kappa shape index (κ2) is 2.70. The molecule has 1 atom stereocenters. The molecule has 0 saturated carbocycles. The molecule has 0 spiro atoms. The normalized spacial score (nSPS) is 16.8. The molecule has 2 N–H and O–H groups in total. The fraction of sp³-hybridized carbons (Fsp3) is 0.556. The van der Waals surface area contributed by atoms with E-state index in [1.807, 2.05) is 19.1 Å². The van der Waals surface area contributed by atoms with Crippen molar-refractivity contribution in [1.29, 1.82) is 0 Å². The topological polar surface area (TPSA) is 39.2 Å². The first-order valence-electron chi connectivity index (χ1n) is 3.88. The number of hydrogen-bond acceptors (Lipinski definition) is 2. The summed E-state index contributed by atoms with van der Waals surface area (Å²) >= 11 is 0. The highest BCUT2D eigenvalue weighted by molar-refractivity contribution is 5.10. The predicted octanol–water partition coefficient (Wildman–Crippen LogP) is 2.11. The Hall–Kier alpha value is -0.760. The molecule has 0 radical (unpaired) electrons. The van der Waals surface area contributed by atoms with Gasteiger partial charge >= 0.3 is 0 Å². The first kappa shape index (κ1) is 8.34. The van der Waals surface area contributed by atoms with Crippen LogP contribution in [0.15, 0.2) is 22.8 Å².